The van der Waals surface area contributed by atoms with Crippen LogP contribution in [0.15, 0.2) is 30.3 Å². The van der Waals surface area contributed by atoms with Gasteiger partial charge in [0.25, 0.3) is 0 Å². The molecule has 100 valence electrons. The molecule has 0 aromatic heterocycles. The third-order valence-corrected chi connectivity index (χ3v) is 3.32. The SMILES string of the molecule is CCCCOC(=O)c1c(C)ccc2cc(C)ccc12. The summed E-state index contributed by atoms with van der Waals surface area (Å²) in [6.45, 7) is 6.59. The van der Waals surface area contributed by atoms with Gasteiger partial charge in [0.2, 0.25) is 0 Å². The molecule has 0 saturated carbocycles. The maximum atomic E-state index is 12.2. The maximum Gasteiger partial charge on any atom is 0.339 e. The first-order chi connectivity index (χ1) is 9.13. The fourth-order valence-corrected chi connectivity index (χ4v) is 2.21. The summed E-state index contributed by atoms with van der Waals surface area (Å²) >= 11 is 0. The normalized spacial score (nSPS) is 10.7. The highest BCUT2D eigenvalue weighted by Crippen LogP contribution is 2.24. The fourth-order valence-electron chi connectivity index (χ4n) is 2.21. The summed E-state index contributed by atoms with van der Waals surface area (Å²) in [5, 5.41) is 2.07. The van der Waals surface area contributed by atoms with Crippen LogP contribution in [0.3, 0.4) is 0 Å². The van der Waals surface area contributed by atoms with E-state index in [1.165, 1.54) is 5.56 Å². The number of carbonyl (C=O) groups is 1. The van der Waals surface area contributed by atoms with Gasteiger partial charge < -0.3 is 4.74 Å². The molecule has 2 heteroatoms. The van der Waals surface area contributed by atoms with Gasteiger partial charge in [0.1, 0.15) is 0 Å². The van der Waals surface area contributed by atoms with Crippen LogP contribution in [0.5, 0.6) is 0 Å². The summed E-state index contributed by atoms with van der Waals surface area (Å²) in [6.07, 6.45) is 1.94. The van der Waals surface area contributed by atoms with E-state index < -0.39 is 0 Å². The summed E-state index contributed by atoms with van der Waals surface area (Å²) in [5.74, 6) is -0.208. The number of ether oxygens (including phenoxy) is 1. The number of rotatable bonds is 4. The molecule has 0 aliphatic carbocycles. The van der Waals surface area contributed by atoms with E-state index in [1.807, 2.05) is 25.1 Å². The number of unbranched alkanes of at least 4 members (excludes halogenated alkanes) is 1. The standard InChI is InChI=1S/C17H20O2/c1-4-5-10-19-17(18)16-13(3)7-8-14-11-12(2)6-9-15(14)16/h6-9,11H,4-5,10H2,1-3H3. The number of hydrogen-bond acceptors (Lipinski definition) is 2. The molecule has 0 saturated heterocycles. The molecule has 0 atom stereocenters. The van der Waals surface area contributed by atoms with Gasteiger partial charge in [-0.2, -0.15) is 0 Å². The summed E-state index contributed by atoms with van der Waals surface area (Å²) in [7, 11) is 0. The van der Waals surface area contributed by atoms with Crippen LogP contribution in [-0.2, 0) is 4.74 Å². The lowest BCUT2D eigenvalue weighted by molar-refractivity contribution is 0.0501. The predicted octanol–water partition coefficient (Wildman–Crippen LogP) is 4.41. The minimum absolute atomic E-state index is 0.208. The van der Waals surface area contributed by atoms with Crippen molar-refractivity contribution in [3.05, 3.63) is 47.0 Å². The van der Waals surface area contributed by atoms with E-state index in [0.29, 0.717) is 12.2 Å². The second kappa shape index (κ2) is 5.87. The van der Waals surface area contributed by atoms with Crippen LogP contribution in [0.4, 0.5) is 0 Å². The molecule has 0 unspecified atom stereocenters. The fraction of sp³-hybridized carbons (Fsp3) is 0.353. The van der Waals surface area contributed by atoms with Crippen LogP contribution < -0.4 is 0 Å². The van der Waals surface area contributed by atoms with E-state index >= 15 is 0 Å². The first-order valence-corrected chi connectivity index (χ1v) is 6.80. The van der Waals surface area contributed by atoms with Crippen molar-refractivity contribution >= 4 is 16.7 Å². The summed E-state index contributed by atoms with van der Waals surface area (Å²) in [6, 6.07) is 10.2. The van der Waals surface area contributed by atoms with Crippen molar-refractivity contribution in [2.45, 2.75) is 33.6 Å². The van der Waals surface area contributed by atoms with Gasteiger partial charge in [-0.3, -0.25) is 0 Å². The lowest BCUT2D eigenvalue weighted by Gasteiger charge is -2.10. The molecule has 2 nitrogen and oxygen atoms in total. The first kappa shape index (κ1) is 13.6. The highest BCUT2D eigenvalue weighted by molar-refractivity contribution is 6.06. The predicted molar refractivity (Wildman–Crippen MR) is 78.6 cm³/mol. The molecule has 0 aliphatic rings. The molecule has 2 rings (SSSR count). The van der Waals surface area contributed by atoms with Gasteiger partial charge in [0.15, 0.2) is 0 Å². The molecular weight excluding hydrogens is 236 g/mol. The zero-order chi connectivity index (χ0) is 13.8. The topological polar surface area (TPSA) is 26.3 Å². The number of aryl methyl sites for hydroxylation is 2. The number of carbonyl (C=O) groups excluding carboxylic acids is 1. The van der Waals surface area contributed by atoms with Crippen molar-refractivity contribution in [2.75, 3.05) is 6.61 Å². The van der Waals surface area contributed by atoms with E-state index in [4.69, 9.17) is 4.74 Å². The third kappa shape index (κ3) is 2.95. The van der Waals surface area contributed by atoms with Gasteiger partial charge in [0.05, 0.1) is 12.2 Å². The largest absolute Gasteiger partial charge is 0.462 e. The van der Waals surface area contributed by atoms with Crippen molar-refractivity contribution in [3.8, 4) is 0 Å². The van der Waals surface area contributed by atoms with Crippen LogP contribution in [0.2, 0.25) is 0 Å². The van der Waals surface area contributed by atoms with Crippen LogP contribution >= 0.6 is 0 Å². The quantitative estimate of drug-likeness (QED) is 0.598. The molecule has 0 N–H and O–H groups in total. The summed E-state index contributed by atoms with van der Waals surface area (Å²) in [5.41, 5.74) is 2.87. The molecule has 0 aliphatic heterocycles. The van der Waals surface area contributed by atoms with Crippen molar-refractivity contribution < 1.29 is 9.53 Å². The van der Waals surface area contributed by atoms with E-state index in [1.54, 1.807) is 0 Å². The maximum absolute atomic E-state index is 12.2. The van der Waals surface area contributed by atoms with E-state index in [9.17, 15) is 4.79 Å². The highest BCUT2D eigenvalue weighted by Gasteiger charge is 2.14. The van der Waals surface area contributed by atoms with Crippen molar-refractivity contribution in [1.82, 2.24) is 0 Å². The Bertz CT molecular complexity index is 599. The van der Waals surface area contributed by atoms with Gasteiger partial charge in [-0.1, -0.05) is 49.2 Å². The van der Waals surface area contributed by atoms with Gasteiger partial charge in [-0.15, -0.1) is 0 Å². The lowest BCUT2D eigenvalue weighted by atomic mass is 9.98. The lowest BCUT2D eigenvalue weighted by Crippen LogP contribution is -2.09. The van der Waals surface area contributed by atoms with Gasteiger partial charge in [-0.25, -0.2) is 4.79 Å². The van der Waals surface area contributed by atoms with E-state index in [-0.39, 0.29) is 5.97 Å². The van der Waals surface area contributed by atoms with Crippen molar-refractivity contribution in [3.63, 3.8) is 0 Å². The number of hydrogen-bond donors (Lipinski definition) is 0. The smallest absolute Gasteiger partial charge is 0.339 e. The Morgan fingerprint density at radius 3 is 2.68 bits per heavy atom. The number of fused-ring (bicyclic) bond motifs is 1. The Labute approximate surface area is 114 Å². The first-order valence-electron chi connectivity index (χ1n) is 6.80. The molecule has 0 radical (unpaired) electrons. The van der Waals surface area contributed by atoms with Gasteiger partial charge >= 0.3 is 5.97 Å². The summed E-state index contributed by atoms with van der Waals surface area (Å²) in [4.78, 5) is 12.2. The Morgan fingerprint density at radius 2 is 1.95 bits per heavy atom. The third-order valence-electron chi connectivity index (χ3n) is 3.32. The molecule has 0 fully saturated rings. The minimum Gasteiger partial charge on any atom is -0.462 e. The zero-order valence-electron chi connectivity index (χ0n) is 11.8. The molecular formula is C17H20O2. The number of esters is 1. The van der Waals surface area contributed by atoms with Crippen LogP contribution in [0.1, 0.15) is 41.3 Å². The Hall–Kier alpha value is -1.83. The molecule has 0 bridgehead atoms. The molecule has 19 heavy (non-hydrogen) atoms. The average Bonchev–Trinajstić information content (AvgIpc) is 2.39. The molecule has 0 amide bonds. The van der Waals surface area contributed by atoms with Crippen LogP contribution in [0.25, 0.3) is 10.8 Å². The molecule has 2 aromatic rings. The molecule has 2 aromatic carbocycles. The summed E-state index contributed by atoms with van der Waals surface area (Å²) < 4.78 is 5.35. The molecule has 0 heterocycles. The Morgan fingerprint density at radius 1 is 1.16 bits per heavy atom. The van der Waals surface area contributed by atoms with Crippen molar-refractivity contribution in [2.24, 2.45) is 0 Å². The minimum atomic E-state index is -0.208. The zero-order valence-corrected chi connectivity index (χ0v) is 11.8. The van der Waals surface area contributed by atoms with Crippen molar-refractivity contribution in [1.29, 1.82) is 0 Å². The Kier molecular flexibility index (Phi) is 4.20. The van der Waals surface area contributed by atoms with Gasteiger partial charge in [-0.05, 0) is 36.6 Å². The average molecular weight is 256 g/mol. The van der Waals surface area contributed by atoms with Gasteiger partial charge in [0, 0.05) is 0 Å². The second-order valence-corrected chi connectivity index (χ2v) is 4.97. The van der Waals surface area contributed by atoms with Crippen LogP contribution in [0, 0.1) is 13.8 Å². The number of benzene rings is 2. The highest BCUT2D eigenvalue weighted by atomic mass is 16.5. The second-order valence-electron chi connectivity index (χ2n) is 4.97. The van der Waals surface area contributed by atoms with Crippen LogP contribution in [-0.4, -0.2) is 12.6 Å². The monoisotopic (exact) mass is 256 g/mol. The Balaban J connectivity index is 2.40. The van der Waals surface area contributed by atoms with E-state index in [2.05, 4.69) is 26.0 Å². The van der Waals surface area contributed by atoms with E-state index in [0.717, 1.165) is 29.2 Å². The molecule has 0 spiro atoms.